The fourth-order valence-electron chi connectivity index (χ4n) is 4.17. The van der Waals surface area contributed by atoms with Crippen molar-refractivity contribution in [2.24, 2.45) is 0 Å². The van der Waals surface area contributed by atoms with Crippen molar-refractivity contribution in [1.29, 1.82) is 0 Å². The normalized spacial score (nSPS) is 13.9. The molecule has 2 amide bonds. The Morgan fingerprint density at radius 2 is 1.61 bits per heavy atom. The van der Waals surface area contributed by atoms with Gasteiger partial charge in [0.05, 0.1) is 28.7 Å². The number of benzene rings is 2. The molecule has 0 saturated carbocycles. The Morgan fingerprint density at radius 1 is 0.947 bits per heavy atom. The van der Waals surface area contributed by atoms with Gasteiger partial charge in [-0.1, -0.05) is 0 Å². The molecule has 0 unspecified atom stereocenters. The molecule has 7 nitrogen and oxygen atoms in total. The van der Waals surface area contributed by atoms with Gasteiger partial charge in [-0.3, -0.25) is 15.0 Å². The maximum atomic E-state index is 13.8. The van der Waals surface area contributed by atoms with Gasteiger partial charge in [0.15, 0.2) is 0 Å². The van der Waals surface area contributed by atoms with E-state index in [4.69, 9.17) is 4.74 Å². The smallest absolute Gasteiger partial charge is 0.416 e. The van der Waals surface area contributed by atoms with Crippen LogP contribution in [0.1, 0.15) is 47.8 Å². The monoisotopic (exact) mass is 530 g/mol. The number of carbonyl (C=O) groups excluding carboxylic acids is 2. The van der Waals surface area contributed by atoms with Crippen molar-refractivity contribution < 1.29 is 31.9 Å². The van der Waals surface area contributed by atoms with Crippen LogP contribution in [-0.2, 0) is 10.9 Å². The number of aryl methyl sites for hydroxylation is 2. The second-order valence-electron chi connectivity index (χ2n) is 9.95. The van der Waals surface area contributed by atoms with Crippen molar-refractivity contribution >= 4 is 34.9 Å². The molecule has 1 N–H and O–H groups in total. The maximum absolute atomic E-state index is 13.8. The summed E-state index contributed by atoms with van der Waals surface area (Å²) < 4.78 is 59.6. The van der Waals surface area contributed by atoms with Crippen molar-refractivity contribution in [3.63, 3.8) is 0 Å². The number of amides is 2. The summed E-state index contributed by atoms with van der Waals surface area (Å²) >= 11 is 0. The maximum Gasteiger partial charge on any atom is 0.416 e. The minimum Gasteiger partial charge on any atom is -0.444 e. The van der Waals surface area contributed by atoms with E-state index >= 15 is 0 Å². The molecule has 1 aliphatic heterocycles. The predicted molar refractivity (Wildman–Crippen MR) is 135 cm³/mol. The Balaban J connectivity index is 1.76. The molecule has 200 valence electrons. The number of halogens is 4. The molecule has 11 heteroatoms. The molecule has 2 heterocycles. The number of ether oxygens (including phenoxy) is 1. The molecule has 3 aromatic rings. The van der Waals surface area contributed by atoms with Gasteiger partial charge in [-0.2, -0.15) is 13.2 Å². The van der Waals surface area contributed by atoms with Gasteiger partial charge in [0.25, 0.3) is 5.91 Å². The summed E-state index contributed by atoms with van der Waals surface area (Å²) in [6.45, 7) is 8.43. The molecule has 1 aliphatic rings. The number of fused-ring (bicyclic) bond motifs is 1. The Morgan fingerprint density at radius 3 is 2.21 bits per heavy atom. The fraction of sp³-hybridized carbons (Fsp3) is 0.296. The molecular weight excluding hydrogens is 504 g/mol. The van der Waals surface area contributed by atoms with Gasteiger partial charge >= 0.3 is 12.3 Å². The summed E-state index contributed by atoms with van der Waals surface area (Å²) in [7, 11) is 0. The molecule has 0 radical (unpaired) electrons. The van der Waals surface area contributed by atoms with Gasteiger partial charge in [-0.15, -0.1) is 0 Å². The van der Waals surface area contributed by atoms with E-state index < -0.39 is 35.2 Å². The number of alkyl halides is 3. The summed E-state index contributed by atoms with van der Waals surface area (Å²) in [6, 6.07) is 8.57. The number of pyridine rings is 1. The van der Waals surface area contributed by atoms with Crippen LogP contribution in [0.25, 0.3) is 0 Å². The molecule has 2 aromatic carbocycles. The van der Waals surface area contributed by atoms with Gasteiger partial charge in [0.1, 0.15) is 23.9 Å². The third-order valence-corrected chi connectivity index (χ3v) is 5.83. The van der Waals surface area contributed by atoms with Crippen LogP contribution in [0.15, 0.2) is 48.7 Å². The van der Waals surface area contributed by atoms with Gasteiger partial charge in [0.2, 0.25) is 0 Å². The van der Waals surface area contributed by atoms with Gasteiger partial charge in [-0.25, -0.2) is 14.2 Å². The molecule has 0 saturated heterocycles. The first-order valence-corrected chi connectivity index (χ1v) is 11.7. The third-order valence-electron chi connectivity index (χ3n) is 5.83. The number of hydrogen-bond acceptors (Lipinski definition) is 5. The molecule has 0 spiro atoms. The van der Waals surface area contributed by atoms with Crippen LogP contribution in [0.5, 0.6) is 0 Å². The minimum absolute atomic E-state index is 0.0645. The highest BCUT2D eigenvalue weighted by atomic mass is 19.4. The number of nitrogens with zero attached hydrogens (tertiary/aromatic N) is 3. The van der Waals surface area contributed by atoms with Gasteiger partial charge in [-0.05, 0) is 88.2 Å². The number of aromatic nitrogens is 1. The van der Waals surface area contributed by atoms with Gasteiger partial charge in [0, 0.05) is 5.69 Å². The highest BCUT2D eigenvalue weighted by Gasteiger charge is 2.37. The average Bonchev–Trinajstić information content (AvgIpc) is 2.78. The van der Waals surface area contributed by atoms with E-state index in [-0.39, 0.29) is 23.7 Å². The van der Waals surface area contributed by atoms with Crippen molar-refractivity contribution in [1.82, 2.24) is 4.98 Å². The third kappa shape index (κ3) is 5.56. The topological polar surface area (TPSA) is 74.8 Å². The lowest BCUT2D eigenvalue weighted by Crippen LogP contribution is -2.45. The van der Waals surface area contributed by atoms with Crippen LogP contribution in [0.3, 0.4) is 0 Å². The Hall–Kier alpha value is -4.15. The van der Waals surface area contributed by atoms with Crippen molar-refractivity contribution in [2.75, 3.05) is 21.8 Å². The zero-order valence-corrected chi connectivity index (χ0v) is 21.4. The molecule has 4 rings (SSSR count). The zero-order valence-electron chi connectivity index (χ0n) is 21.4. The first kappa shape index (κ1) is 26.9. The summed E-state index contributed by atoms with van der Waals surface area (Å²) in [6.07, 6.45) is -4.01. The molecular formula is C27H26F4N4O3. The van der Waals surface area contributed by atoms with Crippen LogP contribution in [0.4, 0.5) is 45.2 Å². The lowest BCUT2D eigenvalue weighted by molar-refractivity contribution is -0.137. The lowest BCUT2D eigenvalue weighted by Gasteiger charge is -2.39. The van der Waals surface area contributed by atoms with E-state index in [1.807, 2.05) is 0 Å². The van der Waals surface area contributed by atoms with Crippen LogP contribution in [0, 0.1) is 19.7 Å². The van der Waals surface area contributed by atoms with Crippen molar-refractivity contribution in [3.05, 3.63) is 76.7 Å². The molecule has 0 fully saturated rings. The minimum atomic E-state index is -4.65. The first-order valence-electron chi connectivity index (χ1n) is 11.7. The Bertz CT molecular complexity index is 1420. The van der Waals surface area contributed by atoms with Crippen molar-refractivity contribution in [2.45, 2.75) is 46.4 Å². The Kier molecular flexibility index (Phi) is 6.81. The second kappa shape index (κ2) is 9.62. The highest BCUT2D eigenvalue weighted by molar-refractivity contribution is 6.13. The molecule has 0 atom stereocenters. The zero-order chi connectivity index (χ0) is 28.0. The summed E-state index contributed by atoms with van der Waals surface area (Å²) in [5.41, 5.74) is 0.352. The highest BCUT2D eigenvalue weighted by Crippen LogP contribution is 2.40. The van der Waals surface area contributed by atoms with E-state index in [9.17, 15) is 27.2 Å². The van der Waals surface area contributed by atoms with E-state index in [2.05, 4.69) is 10.3 Å². The largest absolute Gasteiger partial charge is 0.444 e. The number of carbonyl (C=O) groups is 2. The predicted octanol–water partition coefficient (Wildman–Crippen LogP) is 6.96. The standard InChI is InChI=1S/C27H26F4N4O3/c1-15-10-18(28)7-9-20(15)34-14-35(24(36)19-12-17(27(29,30)31)6-8-21(19)34)22-13-32-23(11-16(22)2)33-25(37)38-26(3,4)5/h6-13H,14H2,1-5H3,(H,32,33,37). The Labute approximate surface area is 217 Å². The second-order valence-corrected chi connectivity index (χ2v) is 9.95. The van der Waals surface area contributed by atoms with E-state index in [1.165, 1.54) is 41.4 Å². The van der Waals surface area contributed by atoms with E-state index in [0.29, 0.717) is 22.5 Å². The molecule has 38 heavy (non-hydrogen) atoms. The van der Waals surface area contributed by atoms with E-state index in [1.54, 1.807) is 39.5 Å². The fourth-order valence-corrected chi connectivity index (χ4v) is 4.17. The van der Waals surface area contributed by atoms with Crippen LogP contribution >= 0.6 is 0 Å². The number of rotatable bonds is 3. The summed E-state index contributed by atoms with van der Waals surface area (Å²) in [5, 5.41) is 2.52. The van der Waals surface area contributed by atoms with Crippen LogP contribution in [0.2, 0.25) is 0 Å². The number of hydrogen-bond donors (Lipinski definition) is 1. The van der Waals surface area contributed by atoms with Crippen LogP contribution in [-0.4, -0.2) is 29.3 Å². The molecule has 0 bridgehead atoms. The average molecular weight is 531 g/mol. The quantitative estimate of drug-likeness (QED) is 0.371. The number of nitrogens with one attached hydrogen (secondary N) is 1. The SMILES string of the molecule is Cc1cc(NC(=O)OC(C)(C)C)ncc1N1CN(c2ccc(F)cc2C)c2ccc(C(F)(F)F)cc2C1=O. The summed E-state index contributed by atoms with van der Waals surface area (Å²) in [5.74, 6) is -0.937. The molecule has 0 aliphatic carbocycles. The number of anilines is 4. The van der Waals surface area contributed by atoms with Crippen molar-refractivity contribution in [3.8, 4) is 0 Å². The first-order chi connectivity index (χ1) is 17.6. The van der Waals surface area contributed by atoms with E-state index in [0.717, 1.165) is 12.1 Å². The molecule has 1 aromatic heterocycles. The lowest BCUT2D eigenvalue weighted by atomic mass is 10.0. The van der Waals surface area contributed by atoms with Crippen LogP contribution < -0.4 is 15.1 Å². The summed E-state index contributed by atoms with van der Waals surface area (Å²) in [4.78, 5) is 32.8. The van der Waals surface area contributed by atoms with Gasteiger partial charge < -0.3 is 9.64 Å².